The third-order valence-electron chi connectivity index (χ3n) is 5.22. The molecule has 3 aromatic rings. The smallest absolute Gasteiger partial charge is 0.339 e. The van der Waals surface area contributed by atoms with Gasteiger partial charge < -0.3 is 15.3 Å². The van der Waals surface area contributed by atoms with Crippen molar-refractivity contribution in [3.8, 4) is 0 Å². The number of hydrogen-bond acceptors (Lipinski definition) is 4. The number of amides is 2. The van der Waals surface area contributed by atoms with Gasteiger partial charge in [0.25, 0.3) is 5.91 Å². The van der Waals surface area contributed by atoms with Crippen LogP contribution < -0.4 is 5.32 Å². The number of nitrogens with one attached hydrogen (secondary N) is 1. The number of nitrogens with zero attached hydrogens (tertiary/aromatic N) is 1. The number of carbonyl (C=O) groups excluding carboxylic acids is 2. The van der Waals surface area contributed by atoms with E-state index in [0.29, 0.717) is 23.6 Å². The molecule has 2 aromatic carbocycles. The molecule has 1 aliphatic rings. The monoisotopic (exact) mass is 500 g/mol. The van der Waals surface area contributed by atoms with Gasteiger partial charge >= 0.3 is 5.97 Å². The normalized spacial score (nSPS) is 13.1. The predicted octanol–water partition coefficient (Wildman–Crippen LogP) is 5.60. The van der Waals surface area contributed by atoms with Crippen molar-refractivity contribution < 1.29 is 19.5 Å². The van der Waals surface area contributed by atoms with Gasteiger partial charge in [0.05, 0.1) is 22.7 Å². The Kier molecular flexibility index (Phi) is 6.83. The molecule has 0 spiro atoms. The van der Waals surface area contributed by atoms with Crippen LogP contribution in [0, 0.1) is 0 Å². The van der Waals surface area contributed by atoms with Crippen molar-refractivity contribution in [2.75, 3.05) is 11.9 Å². The summed E-state index contributed by atoms with van der Waals surface area (Å²) in [6.45, 7) is 0.651. The number of carbonyl (C=O) groups is 3. The molecule has 33 heavy (non-hydrogen) atoms. The van der Waals surface area contributed by atoms with Crippen LogP contribution in [0.15, 0.2) is 54.6 Å². The third kappa shape index (κ3) is 5.11. The Morgan fingerprint density at radius 3 is 2.48 bits per heavy atom. The Labute approximate surface area is 204 Å². The van der Waals surface area contributed by atoms with Crippen LogP contribution in [0.25, 0.3) is 6.08 Å². The molecular weight excluding hydrogens is 483 g/mol. The summed E-state index contributed by atoms with van der Waals surface area (Å²) in [5.74, 6) is -1.78. The number of carboxylic acid groups (broad SMARTS) is 1. The molecule has 2 N–H and O–H groups in total. The van der Waals surface area contributed by atoms with Crippen LogP contribution >= 0.6 is 34.5 Å². The number of halogens is 2. The zero-order valence-corrected chi connectivity index (χ0v) is 19.5. The highest BCUT2D eigenvalue weighted by molar-refractivity contribution is 7.17. The summed E-state index contributed by atoms with van der Waals surface area (Å²) < 4.78 is 0. The van der Waals surface area contributed by atoms with E-state index in [9.17, 15) is 19.5 Å². The fraction of sp³-hybridized carbons (Fsp3) is 0.125. The van der Waals surface area contributed by atoms with Crippen molar-refractivity contribution in [3.63, 3.8) is 0 Å². The predicted molar refractivity (Wildman–Crippen MR) is 130 cm³/mol. The Balaban J connectivity index is 1.53. The molecule has 168 valence electrons. The first-order chi connectivity index (χ1) is 15.8. The number of fused-ring (bicyclic) bond motifs is 1. The second kappa shape index (κ2) is 9.79. The Morgan fingerprint density at radius 2 is 1.79 bits per heavy atom. The lowest BCUT2D eigenvalue weighted by Gasteiger charge is -2.26. The van der Waals surface area contributed by atoms with Crippen molar-refractivity contribution in [2.24, 2.45) is 0 Å². The van der Waals surface area contributed by atoms with Crippen LogP contribution in [-0.4, -0.2) is 34.3 Å². The van der Waals surface area contributed by atoms with Gasteiger partial charge in [-0.3, -0.25) is 9.59 Å². The second-order valence-corrected chi connectivity index (χ2v) is 9.29. The largest absolute Gasteiger partial charge is 0.478 e. The lowest BCUT2D eigenvalue weighted by atomic mass is 10.0. The van der Waals surface area contributed by atoms with Crippen molar-refractivity contribution >= 4 is 63.4 Å². The van der Waals surface area contributed by atoms with Crippen molar-refractivity contribution in [1.82, 2.24) is 4.90 Å². The molecule has 2 amide bonds. The van der Waals surface area contributed by atoms with Crippen LogP contribution in [0.1, 0.15) is 36.7 Å². The lowest BCUT2D eigenvalue weighted by Crippen LogP contribution is -2.34. The number of anilines is 1. The van der Waals surface area contributed by atoms with E-state index in [0.717, 1.165) is 10.4 Å². The van der Waals surface area contributed by atoms with Crippen LogP contribution in [0.4, 0.5) is 5.00 Å². The van der Waals surface area contributed by atoms with Crippen LogP contribution in [0.2, 0.25) is 10.0 Å². The molecule has 6 nitrogen and oxygen atoms in total. The first-order valence-corrected chi connectivity index (χ1v) is 11.6. The fourth-order valence-corrected chi connectivity index (χ4v) is 5.17. The summed E-state index contributed by atoms with van der Waals surface area (Å²) in [6.07, 6.45) is 3.58. The molecule has 9 heteroatoms. The van der Waals surface area contributed by atoms with E-state index in [-0.39, 0.29) is 33.6 Å². The molecule has 0 aliphatic carbocycles. The number of hydrogen-bond donors (Lipinski definition) is 2. The number of thiophene rings is 1. The van der Waals surface area contributed by atoms with E-state index in [1.807, 2.05) is 12.1 Å². The van der Waals surface area contributed by atoms with Crippen molar-refractivity contribution in [3.05, 3.63) is 91.8 Å². The van der Waals surface area contributed by atoms with Gasteiger partial charge in [-0.05, 0) is 47.9 Å². The molecule has 0 saturated heterocycles. The molecule has 0 unspecified atom stereocenters. The van der Waals surface area contributed by atoms with Gasteiger partial charge in [0.2, 0.25) is 5.91 Å². The lowest BCUT2D eigenvalue weighted by molar-refractivity contribution is -0.126. The van der Waals surface area contributed by atoms with Gasteiger partial charge in [0, 0.05) is 22.5 Å². The third-order valence-corrected chi connectivity index (χ3v) is 6.93. The first kappa shape index (κ1) is 23.0. The van der Waals surface area contributed by atoms with E-state index >= 15 is 0 Å². The summed E-state index contributed by atoms with van der Waals surface area (Å²) in [6, 6.07) is 13.7. The number of aromatic carboxylic acids is 1. The minimum absolute atomic E-state index is 0.0687. The quantitative estimate of drug-likeness (QED) is 0.446. The fourth-order valence-electron chi connectivity index (χ4n) is 3.57. The van der Waals surface area contributed by atoms with Gasteiger partial charge in [-0.25, -0.2) is 4.79 Å². The SMILES string of the molecule is O=C(Nc1sc2c(c1C(=O)O)CCN(C(=O)C=Cc1ccc(Cl)cc1)C2)c1ccccc1Cl. The minimum Gasteiger partial charge on any atom is -0.478 e. The summed E-state index contributed by atoms with van der Waals surface area (Å²) in [5.41, 5.74) is 1.82. The second-order valence-electron chi connectivity index (χ2n) is 7.34. The van der Waals surface area contributed by atoms with Gasteiger partial charge in [-0.2, -0.15) is 0 Å². The maximum absolute atomic E-state index is 12.7. The van der Waals surface area contributed by atoms with Gasteiger partial charge in [-0.1, -0.05) is 47.5 Å². The van der Waals surface area contributed by atoms with Crippen LogP contribution in [-0.2, 0) is 17.8 Å². The Morgan fingerprint density at radius 1 is 1.06 bits per heavy atom. The molecule has 1 aliphatic heterocycles. The molecule has 0 fully saturated rings. The Hall–Kier alpha value is -3.13. The standard InChI is InChI=1S/C24H18Cl2N2O4S/c25-15-8-5-14(6-9-15)7-10-20(29)28-12-11-17-19(13-28)33-23(21(17)24(31)32)27-22(30)16-3-1-2-4-18(16)26/h1-10H,11-13H2,(H,27,30)(H,31,32). The number of benzene rings is 2. The van der Waals surface area contributed by atoms with Crippen LogP contribution in [0.3, 0.4) is 0 Å². The van der Waals surface area contributed by atoms with Gasteiger partial charge in [0.15, 0.2) is 0 Å². The maximum Gasteiger partial charge on any atom is 0.339 e. The van der Waals surface area contributed by atoms with E-state index in [2.05, 4.69) is 5.32 Å². The molecule has 0 atom stereocenters. The number of carboxylic acids is 1. The molecule has 4 rings (SSSR count). The van der Waals surface area contributed by atoms with E-state index in [1.165, 1.54) is 17.4 Å². The molecule has 0 radical (unpaired) electrons. The average molecular weight is 501 g/mol. The van der Waals surface area contributed by atoms with Crippen LogP contribution in [0.5, 0.6) is 0 Å². The molecular formula is C24H18Cl2N2O4S. The minimum atomic E-state index is -1.12. The van der Waals surface area contributed by atoms with Crippen molar-refractivity contribution in [2.45, 2.75) is 13.0 Å². The van der Waals surface area contributed by atoms with E-state index < -0.39 is 11.9 Å². The zero-order valence-electron chi connectivity index (χ0n) is 17.2. The summed E-state index contributed by atoms with van der Waals surface area (Å²) in [7, 11) is 0. The zero-order chi connectivity index (χ0) is 23.5. The molecule has 0 saturated carbocycles. The highest BCUT2D eigenvalue weighted by Gasteiger charge is 2.30. The number of rotatable bonds is 5. The topological polar surface area (TPSA) is 86.7 Å². The highest BCUT2D eigenvalue weighted by Crippen LogP contribution is 2.37. The van der Waals surface area contributed by atoms with Gasteiger partial charge in [-0.15, -0.1) is 11.3 Å². The van der Waals surface area contributed by atoms with Gasteiger partial charge in [0.1, 0.15) is 5.00 Å². The van der Waals surface area contributed by atoms with Crippen molar-refractivity contribution in [1.29, 1.82) is 0 Å². The molecule has 0 bridgehead atoms. The molecule has 2 heterocycles. The highest BCUT2D eigenvalue weighted by atomic mass is 35.5. The summed E-state index contributed by atoms with van der Waals surface area (Å²) >= 11 is 13.1. The Bertz CT molecular complexity index is 1270. The summed E-state index contributed by atoms with van der Waals surface area (Å²) in [4.78, 5) is 39.7. The summed E-state index contributed by atoms with van der Waals surface area (Å²) in [5, 5.41) is 13.6. The van der Waals surface area contributed by atoms with E-state index in [1.54, 1.807) is 47.4 Å². The van der Waals surface area contributed by atoms with E-state index in [4.69, 9.17) is 23.2 Å². The molecule has 1 aromatic heterocycles. The maximum atomic E-state index is 12.7. The average Bonchev–Trinajstić information content (AvgIpc) is 3.15. The first-order valence-electron chi connectivity index (χ1n) is 9.99.